The van der Waals surface area contributed by atoms with Gasteiger partial charge < -0.3 is 10.1 Å². The van der Waals surface area contributed by atoms with Crippen molar-refractivity contribution < 1.29 is 9.53 Å². The molecule has 0 fully saturated rings. The van der Waals surface area contributed by atoms with Crippen molar-refractivity contribution in [2.45, 2.75) is 38.7 Å². The van der Waals surface area contributed by atoms with Crippen molar-refractivity contribution in [2.75, 3.05) is 5.32 Å². The normalized spacial score (nSPS) is 14.7. The summed E-state index contributed by atoms with van der Waals surface area (Å²) >= 11 is 3.43. The molecule has 0 radical (unpaired) electrons. The number of nitrogens with one attached hydrogen (secondary N) is 1. The largest absolute Gasteiger partial charge is 0.481 e. The van der Waals surface area contributed by atoms with Gasteiger partial charge in [0.15, 0.2) is 6.10 Å². The zero-order valence-corrected chi connectivity index (χ0v) is 14.7. The SMILES string of the molecule is CC(Oc1cccc2c1CCCC2)C(=O)Nc1ccccc1Br. The molecule has 3 nitrogen and oxygen atoms in total. The van der Waals surface area contributed by atoms with Gasteiger partial charge in [-0.3, -0.25) is 4.79 Å². The molecule has 0 aliphatic heterocycles. The fourth-order valence-corrected chi connectivity index (χ4v) is 3.28. The number of carbonyl (C=O) groups excluding carboxylic acids is 1. The molecule has 4 heteroatoms. The number of halogens is 1. The first kappa shape index (κ1) is 16.1. The van der Waals surface area contributed by atoms with Crippen molar-refractivity contribution in [3.63, 3.8) is 0 Å². The highest BCUT2D eigenvalue weighted by atomic mass is 79.9. The van der Waals surface area contributed by atoms with Crippen LogP contribution in [0.25, 0.3) is 0 Å². The summed E-state index contributed by atoms with van der Waals surface area (Å²) in [6.45, 7) is 1.79. The Morgan fingerprint density at radius 2 is 1.91 bits per heavy atom. The van der Waals surface area contributed by atoms with Crippen molar-refractivity contribution in [3.8, 4) is 5.75 Å². The first-order valence-corrected chi connectivity index (χ1v) is 8.77. The average Bonchev–Trinajstić information content (AvgIpc) is 2.57. The molecule has 0 saturated carbocycles. The average molecular weight is 374 g/mol. The van der Waals surface area contributed by atoms with Gasteiger partial charge in [0.2, 0.25) is 0 Å². The van der Waals surface area contributed by atoms with E-state index in [1.54, 1.807) is 6.92 Å². The highest BCUT2D eigenvalue weighted by Crippen LogP contribution is 2.30. The summed E-state index contributed by atoms with van der Waals surface area (Å²) in [5.74, 6) is 0.697. The number of para-hydroxylation sites is 1. The van der Waals surface area contributed by atoms with Crippen LogP contribution < -0.4 is 10.1 Å². The van der Waals surface area contributed by atoms with E-state index in [2.05, 4.69) is 27.3 Å². The van der Waals surface area contributed by atoms with E-state index in [4.69, 9.17) is 4.74 Å². The van der Waals surface area contributed by atoms with Crippen LogP contribution in [0.2, 0.25) is 0 Å². The van der Waals surface area contributed by atoms with E-state index in [-0.39, 0.29) is 5.91 Å². The Bertz CT molecular complexity index is 714. The molecule has 1 aliphatic rings. The number of amides is 1. The van der Waals surface area contributed by atoms with Gasteiger partial charge in [-0.1, -0.05) is 24.3 Å². The summed E-state index contributed by atoms with van der Waals surface area (Å²) in [4.78, 5) is 12.4. The summed E-state index contributed by atoms with van der Waals surface area (Å²) < 4.78 is 6.82. The van der Waals surface area contributed by atoms with E-state index in [1.165, 1.54) is 24.0 Å². The van der Waals surface area contributed by atoms with E-state index in [9.17, 15) is 4.79 Å². The maximum absolute atomic E-state index is 12.4. The zero-order chi connectivity index (χ0) is 16.2. The third-order valence-corrected chi connectivity index (χ3v) is 4.85. The zero-order valence-electron chi connectivity index (χ0n) is 13.1. The number of hydrogen-bond acceptors (Lipinski definition) is 2. The second-order valence-electron chi connectivity index (χ2n) is 5.83. The number of ether oxygens (including phenoxy) is 1. The molecular formula is C19H20BrNO2. The molecule has 1 aliphatic carbocycles. The van der Waals surface area contributed by atoms with Crippen LogP contribution in [0, 0.1) is 0 Å². The van der Waals surface area contributed by atoms with Gasteiger partial charge in [-0.25, -0.2) is 0 Å². The second-order valence-corrected chi connectivity index (χ2v) is 6.68. The lowest BCUT2D eigenvalue weighted by Crippen LogP contribution is -2.30. The molecule has 2 aromatic rings. The number of benzene rings is 2. The Morgan fingerprint density at radius 1 is 1.13 bits per heavy atom. The lowest BCUT2D eigenvalue weighted by atomic mass is 9.91. The number of aryl methyl sites for hydroxylation is 1. The molecule has 1 atom stereocenters. The number of hydrogen-bond donors (Lipinski definition) is 1. The van der Waals surface area contributed by atoms with Gasteiger partial charge in [0.05, 0.1) is 5.69 Å². The molecule has 0 bridgehead atoms. The Labute approximate surface area is 145 Å². The quantitative estimate of drug-likeness (QED) is 0.840. The minimum absolute atomic E-state index is 0.148. The lowest BCUT2D eigenvalue weighted by Gasteiger charge is -2.22. The Balaban J connectivity index is 1.71. The van der Waals surface area contributed by atoms with Crippen molar-refractivity contribution in [1.29, 1.82) is 0 Å². The number of rotatable bonds is 4. The molecule has 0 saturated heterocycles. The van der Waals surface area contributed by atoms with Gasteiger partial charge in [-0.05, 0) is 77.9 Å². The first-order valence-electron chi connectivity index (χ1n) is 7.98. The minimum Gasteiger partial charge on any atom is -0.481 e. The number of carbonyl (C=O) groups is 1. The molecule has 3 rings (SSSR count). The van der Waals surface area contributed by atoms with E-state index >= 15 is 0 Å². The topological polar surface area (TPSA) is 38.3 Å². The maximum atomic E-state index is 12.4. The van der Waals surface area contributed by atoms with Crippen LogP contribution in [-0.2, 0) is 17.6 Å². The van der Waals surface area contributed by atoms with Crippen molar-refractivity contribution in [1.82, 2.24) is 0 Å². The molecule has 1 amide bonds. The van der Waals surface area contributed by atoms with Crippen molar-refractivity contribution >= 4 is 27.5 Å². The second kappa shape index (κ2) is 7.18. The van der Waals surface area contributed by atoms with Crippen LogP contribution in [0.15, 0.2) is 46.9 Å². The smallest absolute Gasteiger partial charge is 0.265 e. The predicted molar refractivity (Wildman–Crippen MR) is 95.9 cm³/mol. The molecule has 0 heterocycles. The molecule has 23 heavy (non-hydrogen) atoms. The number of anilines is 1. The van der Waals surface area contributed by atoms with Gasteiger partial charge in [-0.15, -0.1) is 0 Å². The van der Waals surface area contributed by atoms with Crippen molar-refractivity contribution in [2.24, 2.45) is 0 Å². The van der Waals surface area contributed by atoms with Crippen LogP contribution in [0.4, 0.5) is 5.69 Å². The Morgan fingerprint density at radius 3 is 2.74 bits per heavy atom. The third kappa shape index (κ3) is 3.75. The first-order chi connectivity index (χ1) is 11.1. The van der Waals surface area contributed by atoms with Gasteiger partial charge >= 0.3 is 0 Å². The number of fused-ring (bicyclic) bond motifs is 1. The van der Waals surface area contributed by atoms with Crippen molar-refractivity contribution in [3.05, 3.63) is 58.1 Å². The Kier molecular flexibility index (Phi) is 5.01. The summed E-state index contributed by atoms with van der Waals surface area (Å²) in [5.41, 5.74) is 3.37. The Hall–Kier alpha value is -1.81. The monoisotopic (exact) mass is 373 g/mol. The molecule has 2 aromatic carbocycles. The molecular weight excluding hydrogens is 354 g/mol. The molecule has 1 unspecified atom stereocenters. The van der Waals surface area contributed by atoms with E-state index in [0.29, 0.717) is 0 Å². The predicted octanol–water partition coefficient (Wildman–Crippen LogP) is 4.73. The third-order valence-electron chi connectivity index (χ3n) is 4.16. The summed E-state index contributed by atoms with van der Waals surface area (Å²) in [6.07, 6.45) is 4.00. The summed E-state index contributed by atoms with van der Waals surface area (Å²) in [5, 5.41) is 2.90. The molecule has 1 N–H and O–H groups in total. The molecule has 0 spiro atoms. The van der Waals surface area contributed by atoms with Gasteiger partial charge in [0, 0.05) is 4.47 Å². The standard InChI is InChI=1S/C19H20BrNO2/c1-13(19(22)21-17-11-5-4-10-16(17)20)23-18-12-6-8-14-7-2-3-9-15(14)18/h4-6,8,10-13H,2-3,7,9H2,1H3,(H,21,22). The molecule has 120 valence electrons. The van der Waals surface area contributed by atoms with E-state index in [0.717, 1.165) is 28.8 Å². The fourth-order valence-electron chi connectivity index (χ4n) is 2.90. The van der Waals surface area contributed by atoms with Gasteiger partial charge in [-0.2, -0.15) is 0 Å². The van der Waals surface area contributed by atoms with Crippen LogP contribution in [-0.4, -0.2) is 12.0 Å². The van der Waals surface area contributed by atoms with Gasteiger partial charge in [0.25, 0.3) is 5.91 Å². The van der Waals surface area contributed by atoms with E-state index < -0.39 is 6.10 Å². The van der Waals surface area contributed by atoms with Crippen LogP contribution in [0.3, 0.4) is 0 Å². The highest BCUT2D eigenvalue weighted by molar-refractivity contribution is 9.10. The van der Waals surface area contributed by atoms with Crippen LogP contribution in [0.5, 0.6) is 5.75 Å². The summed E-state index contributed by atoms with van der Waals surface area (Å²) in [6, 6.07) is 13.7. The van der Waals surface area contributed by atoms with Gasteiger partial charge in [0.1, 0.15) is 5.75 Å². The lowest BCUT2D eigenvalue weighted by molar-refractivity contribution is -0.122. The summed E-state index contributed by atoms with van der Waals surface area (Å²) in [7, 11) is 0. The van der Waals surface area contributed by atoms with Crippen LogP contribution >= 0.6 is 15.9 Å². The van der Waals surface area contributed by atoms with Crippen LogP contribution in [0.1, 0.15) is 30.9 Å². The minimum atomic E-state index is -0.546. The molecule has 0 aromatic heterocycles. The maximum Gasteiger partial charge on any atom is 0.265 e. The fraction of sp³-hybridized carbons (Fsp3) is 0.316. The van der Waals surface area contributed by atoms with E-state index in [1.807, 2.05) is 36.4 Å². The highest BCUT2D eigenvalue weighted by Gasteiger charge is 2.19.